The molecule has 23 aromatic rings. The summed E-state index contributed by atoms with van der Waals surface area (Å²) in [6.45, 7) is 13.7. The molecule has 598 valence electrons. The molecule has 0 amide bonds. The number of benzene rings is 23. The normalized spacial score (nSPS) is 12.5. The lowest BCUT2D eigenvalue weighted by molar-refractivity contribution is 0.590. The van der Waals surface area contributed by atoms with E-state index in [2.05, 4.69) is 490 Å². The highest BCUT2D eigenvalue weighted by molar-refractivity contribution is 6.39. The van der Waals surface area contributed by atoms with Crippen LogP contribution in [-0.4, -0.2) is 0 Å². The quantitative estimate of drug-likeness (QED) is 0.0688. The Balaban J connectivity index is 0.000000112. The number of hydrogen-bond donors (Lipinski definition) is 0. The van der Waals surface area contributed by atoms with Crippen molar-refractivity contribution in [3.05, 3.63) is 493 Å². The number of rotatable bonds is 11. The van der Waals surface area contributed by atoms with E-state index in [-0.39, 0.29) is 22.7 Å². The first kappa shape index (κ1) is 77.0. The van der Waals surface area contributed by atoms with Crippen LogP contribution in [0.25, 0.3) is 186 Å². The lowest BCUT2D eigenvalue weighted by Crippen LogP contribution is -2.10. The van der Waals surface area contributed by atoms with Gasteiger partial charge >= 0.3 is 0 Å². The molecule has 2 atom stereocenters. The molecule has 0 aliphatic heterocycles. The Morgan fingerprint density at radius 1 is 0.151 bits per heavy atom. The van der Waals surface area contributed by atoms with Crippen LogP contribution in [0.15, 0.2) is 449 Å². The van der Waals surface area contributed by atoms with Gasteiger partial charge in [-0.05, 0) is 253 Å². The van der Waals surface area contributed by atoms with Crippen LogP contribution in [0.1, 0.15) is 97.9 Å². The molecule has 23 aromatic carbocycles. The van der Waals surface area contributed by atoms with Crippen molar-refractivity contribution in [2.45, 2.75) is 64.2 Å². The molecule has 126 heavy (non-hydrogen) atoms. The van der Waals surface area contributed by atoms with Crippen molar-refractivity contribution in [1.29, 1.82) is 0 Å². The molecular weight excluding hydrogens is 1510 g/mol. The van der Waals surface area contributed by atoms with Gasteiger partial charge in [-0.2, -0.15) is 0 Å². The second kappa shape index (κ2) is 31.7. The molecule has 0 heterocycles. The lowest BCUT2D eigenvalue weighted by Gasteiger charge is -2.22. The standard InChI is InChI=1S/C46H34.C42H24.C38H36/c1-3-13-37(14-4-1)45(43-29-23-33-11-7-9-17-41(33)31-43)39-25-19-35(20-26-39)36-21-27-40(28-22-36)46(38-15-5-2-6-16-38)44-30-24-34-12-8-10-18-42(34)32-44;1-3-11-26(12-4-1)37-30-17-7-8-18-31(30)38(27-13-5-2-6-14-27)42-35-24-22-33-29-20-10-16-25-15-9-19-28(36(25)29)32-21-23-34(41(37)42)40(35)39(32)33;1-37(2,3)29-19-15-25(16-20-29)35-31-13-9-10-14-32(31)36(26-17-21-30(22-18-26)38(4,5)6)34-24-28-12-8-7-11-27(28)23-33(34)35/h1-32,45-46H;1-24H;7-24H,1-6H3. The average molecular weight is 1610 g/mol. The first-order valence-electron chi connectivity index (χ1n) is 44.5. The molecule has 0 fully saturated rings. The Kier molecular flexibility index (Phi) is 19.4. The van der Waals surface area contributed by atoms with Crippen molar-refractivity contribution in [1.82, 2.24) is 0 Å². The van der Waals surface area contributed by atoms with Gasteiger partial charge in [0.2, 0.25) is 0 Å². The second-order valence-electron chi connectivity index (χ2n) is 36.4. The highest BCUT2D eigenvalue weighted by Crippen LogP contribution is 2.60. The molecule has 0 radical (unpaired) electrons. The maximum Gasteiger partial charge on any atom is 0.0340 e. The van der Waals surface area contributed by atoms with Crippen molar-refractivity contribution in [2.24, 2.45) is 0 Å². The van der Waals surface area contributed by atoms with E-state index in [9.17, 15) is 0 Å². The summed E-state index contributed by atoms with van der Waals surface area (Å²) >= 11 is 0. The highest BCUT2D eigenvalue weighted by Gasteiger charge is 2.33. The third kappa shape index (κ3) is 13.7. The van der Waals surface area contributed by atoms with Crippen LogP contribution < -0.4 is 0 Å². The zero-order valence-corrected chi connectivity index (χ0v) is 71.9. The predicted molar refractivity (Wildman–Crippen MR) is 542 cm³/mol. The van der Waals surface area contributed by atoms with Gasteiger partial charge in [-0.25, -0.2) is 0 Å². The minimum atomic E-state index is 0.127. The van der Waals surface area contributed by atoms with Gasteiger partial charge in [0, 0.05) is 11.8 Å². The maximum absolute atomic E-state index is 2.40. The van der Waals surface area contributed by atoms with E-state index in [0.29, 0.717) is 0 Å². The fraction of sp³-hybridized carbons (Fsp3) is 0.0794. The predicted octanol–water partition coefficient (Wildman–Crippen LogP) is 35.0. The SMILES string of the molecule is CC(C)(C)c1ccc(-c2c3ccccc3c(-c3ccc(C(C)(C)C)cc3)c3cc4ccccc4cc23)cc1.c1ccc(-c2c3c(c(-c4ccccc4)c4ccccc24)-c2ccc4c5cccc6cccc(c7ccc-3c2c74)c65)cc1.c1ccc(C(c2ccc(-c3ccc(C(c4ccccc4)c4ccc5ccccc5c4)cc3)cc2)c2ccc3ccccc3c2)cc1. The van der Waals surface area contributed by atoms with Crippen molar-refractivity contribution in [2.75, 3.05) is 0 Å². The van der Waals surface area contributed by atoms with Gasteiger partial charge in [-0.15, -0.1) is 0 Å². The minimum Gasteiger partial charge on any atom is -0.0622 e. The zero-order valence-electron chi connectivity index (χ0n) is 71.9. The lowest BCUT2D eigenvalue weighted by atomic mass is 9.82. The van der Waals surface area contributed by atoms with Gasteiger partial charge in [-0.3, -0.25) is 0 Å². The summed E-state index contributed by atoms with van der Waals surface area (Å²) in [6, 6.07) is 166. The molecule has 0 heteroatoms. The van der Waals surface area contributed by atoms with Gasteiger partial charge in [0.25, 0.3) is 0 Å². The first-order chi connectivity index (χ1) is 61.8. The Labute approximate surface area is 738 Å². The Bertz CT molecular complexity index is 7600. The van der Waals surface area contributed by atoms with Crippen LogP contribution in [0.4, 0.5) is 0 Å². The molecule has 0 saturated heterocycles. The van der Waals surface area contributed by atoms with Crippen LogP contribution in [0.3, 0.4) is 0 Å². The van der Waals surface area contributed by atoms with E-state index < -0.39 is 0 Å². The van der Waals surface area contributed by atoms with E-state index in [1.165, 1.54) is 230 Å². The minimum absolute atomic E-state index is 0.127. The van der Waals surface area contributed by atoms with Gasteiger partial charge in [0.1, 0.15) is 0 Å². The maximum atomic E-state index is 2.40. The summed E-state index contributed by atoms with van der Waals surface area (Å²) < 4.78 is 0. The van der Waals surface area contributed by atoms with Crippen LogP contribution in [0.5, 0.6) is 0 Å². The van der Waals surface area contributed by atoms with E-state index >= 15 is 0 Å². The Morgan fingerprint density at radius 3 is 0.802 bits per heavy atom. The number of fused-ring (bicyclic) bond motifs is 11. The topological polar surface area (TPSA) is 0 Å². The number of hydrogen-bond acceptors (Lipinski definition) is 0. The second-order valence-corrected chi connectivity index (χ2v) is 36.4. The first-order valence-corrected chi connectivity index (χ1v) is 44.5. The van der Waals surface area contributed by atoms with E-state index in [1.54, 1.807) is 0 Å². The fourth-order valence-corrected chi connectivity index (χ4v) is 20.7. The summed E-state index contributed by atoms with van der Waals surface area (Å²) in [5, 5.41) is 26.3. The van der Waals surface area contributed by atoms with E-state index in [4.69, 9.17) is 0 Å². The van der Waals surface area contributed by atoms with Crippen molar-refractivity contribution >= 4 is 108 Å². The largest absolute Gasteiger partial charge is 0.0622 e. The van der Waals surface area contributed by atoms with E-state index in [1.807, 2.05) is 0 Å². The zero-order chi connectivity index (χ0) is 84.7. The van der Waals surface area contributed by atoms with Gasteiger partial charge < -0.3 is 0 Å². The molecule has 0 saturated carbocycles. The molecule has 0 N–H and O–H groups in total. The molecule has 0 nitrogen and oxygen atoms in total. The van der Waals surface area contributed by atoms with Crippen LogP contribution in [0, 0.1) is 0 Å². The van der Waals surface area contributed by atoms with Crippen molar-refractivity contribution < 1.29 is 0 Å². The summed E-state index contributed by atoms with van der Waals surface area (Å²) in [5.41, 5.74) is 29.0. The van der Waals surface area contributed by atoms with Crippen molar-refractivity contribution in [3.63, 3.8) is 0 Å². The van der Waals surface area contributed by atoms with Crippen LogP contribution in [-0.2, 0) is 10.8 Å². The summed E-state index contributed by atoms with van der Waals surface area (Å²) in [6.07, 6.45) is 0. The monoisotopic (exact) mass is 1610 g/mol. The molecule has 0 bridgehead atoms. The Morgan fingerprint density at radius 2 is 0.429 bits per heavy atom. The molecule has 0 spiro atoms. The third-order valence-corrected chi connectivity index (χ3v) is 26.8. The van der Waals surface area contributed by atoms with Gasteiger partial charge in [0.05, 0.1) is 0 Å². The molecule has 0 aromatic heterocycles. The van der Waals surface area contributed by atoms with Crippen molar-refractivity contribution in [3.8, 4) is 77.9 Å². The van der Waals surface area contributed by atoms with Crippen LogP contribution >= 0.6 is 0 Å². The fourth-order valence-electron chi connectivity index (χ4n) is 20.7. The Hall–Kier alpha value is -15.1. The molecule has 1 aliphatic rings. The molecular formula is C126H94. The highest BCUT2D eigenvalue weighted by atomic mass is 14.4. The third-order valence-electron chi connectivity index (χ3n) is 26.8. The van der Waals surface area contributed by atoms with Gasteiger partial charge in [0.15, 0.2) is 0 Å². The smallest absolute Gasteiger partial charge is 0.0340 e. The molecule has 2 unspecified atom stereocenters. The van der Waals surface area contributed by atoms with Gasteiger partial charge in [-0.1, -0.05) is 478 Å². The summed E-state index contributed by atoms with van der Waals surface area (Å²) in [4.78, 5) is 0. The summed E-state index contributed by atoms with van der Waals surface area (Å²) in [7, 11) is 0. The molecule has 24 rings (SSSR count). The average Bonchev–Trinajstić information content (AvgIpc) is 1.36. The van der Waals surface area contributed by atoms with E-state index in [0.717, 1.165) is 0 Å². The molecule has 1 aliphatic carbocycles. The summed E-state index contributed by atoms with van der Waals surface area (Å²) in [5.74, 6) is 0.326. The van der Waals surface area contributed by atoms with Crippen LogP contribution in [0.2, 0.25) is 0 Å².